The Morgan fingerprint density at radius 1 is 1.00 bits per heavy atom. The number of imide groups is 1. The monoisotopic (exact) mass is 453 g/mol. The van der Waals surface area contributed by atoms with E-state index in [1.54, 1.807) is 6.07 Å². The molecular weight excluding hydrogens is 426 g/mol. The third-order valence-electron chi connectivity index (χ3n) is 6.09. The van der Waals surface area contributed by atoms with Gasteiger partial charge in [-0.05, 0) is 49.6 Å². The van der Waals surface area contributed by atoms with Crippen molar-refractivity contribution in [2.45, 2.75) is 20.8 Å². The van der Waals surface area contributed by atoms with Gasteiger partial charge in [-0.1, -0.05) is 41.4 Å². The predicted octanol–water partition coefficient (Wildman–Crippen LogP) is 3.79. The first kappa shape index (κ1) is 22.5. The Bertz CT molecular complexity index is 1090. The second kappa shape index (κ2) is 9.45. The van der Waals surface area contributed by atoms with Crippen LogP contribution in [0.4, 0.5) is 5.69 Å². The van der Waals surface area contributed by atoms with E-state index in [2.05, 4.69) is 10.2 Å². The number of carbonyl (C=O) groups excluding carboxylic acids is 2. The summed E-state index contributed by atoms with van der Waals surface area (Å²) in [6.45, 7) is 9.79. The summed E-state index contributed by atoms with van der Waals surface area (Å²) in [5.74, 6) is -0.574. The van der Waals surface area contributed by atoms with Gasteiger partial charge in [-0.2, -0.15) is 0 Å². The minimum absolute atomic E-state index is 0.266. The standard InChI is InChI=1S/C25H28ClN3O3/c1-16-7-8-19(17(2)15-16)22-23(27-21-6-4-5-20(26)18(21)3)25(31)29(24(22)30)10-9-28-11-13-32-14-12-28/h4-8,15,27H,9-14H2,1-3H3. The molecule has 2 amide bonds. The van der Waals surface area contributed by atoms with Crippen LogP contribution in [0, 0.1) is 20.8 Å². The number of carbonyl (C=O) groups is 2. The Morgan fingerprint density at radius 3 is 2.47 bits per heavy atom. The van der Waals surface area contributed by atoms with Gasteiger partial charge in [0, 0.05) is 36.9 Å². The zero-order valence-corrected chi connectivity index (χ0v) is 19.5. The number of anilines is 1. The van der Waals surface area contributed by atoms with Crippen LogP contribution in [0.2, 0.25) is 5.02 Å². The van der Waals surface area contributed by atoms with E-state index in [1.165, 1.54) is 4.90 Å². The van der Waals surface area contributed by atoms with Crippen molar-refractivity contribution in [1.82, 2.24) is 9.80 Å². The van der Waals surface area contributed by atoms with E-state index in [1.807, 2.05) is 51.1 Å². The van der Waals surface area contributed by atoms with Crippen LogP contribution < -0.4 is 5.32 Å². The van der Waals surface area contributed by atoms with Crippen LogP contribution in [0.25, 0.3) is 5.57 Å². The van der Waals surface area contributed by atoms with Gasteiger partial charge in [-0.15, -0.1) is 0 Å². The van der Waals surface area contributed by atoms with Gasteiger partial charge in [0.05, 0.1) is 18.8 Å². The van der Waals surface area contributed by atoms with Crippen LogP contribution in [0.1, 0.15) is 22.3 Å². The van der Waals surface area contributed by atoms with Crippen molar-refractivity contribution in [3.8, 4) is 0 Å². The molecule has 4 rings (SSSR count). The van der Waals surface area contributed by atoms with E-state index in [9.17, 15) is 9.59 Å². The average Bonchev–Trinajstić information content (AvgIpc) is 3.00. The molecule has 0 atom stereocenters. The fourth-order valence-corrected chi connectivity index (χ4v) is 4.36. The second-order valence-corrected chi connectivity index (χ2v) is 8.73. The van der Waals surface area contributed by atoms with Gasteiger partial charge in [0.1, 0.15) is 5.70 Å². The minimum Gasteiger partial charge on any atom is -0.379 e. The van der Waals surface area contributed by atoms with Crippen molar-refractivity contribution >= 4 is 34.7 Å². The molecule has 2 aromatic rings. The van der Waals surface area contributed by atoms with Crippen molar-refractivity contribution in [3.63, 3.8) is 0 Å². The summed E-state index contributed by atoms with van der Waals surface area (Å²) in [7, 11) is 0. The topological polar surface area (TPSA) is 61.9 Å². The number of nitrogens with one attached hydrogen (secondary N) is 1. The summed E-state index contributed by atoms with van der Waals surface area (Å²) >= 11 is 6.29. The van der Waals surface area contributed by atoms with Gasteiger partial charge < -0.3 is 10.1 Å². The lowest BCUT2D eigenvalue weighted by molar-refractivity contribution is -0.137. The molecule has 0 unspecified atom stereocenters. The molecule has 6 nitrogen and oxygen atoms in total. The largest absolute Gasteiger partial charge is 0.379 e. The molecule has 0 spiro atoms. The molecule has 0 aliphatic carbocycles. The lowest BCUT2D eigenvalue weighted by Crippen LogP contribution is -2.43. The first-order valence-electron chi connectivity index (χ1n) is 10.9. The maximum absolute atomic E-state index is 13.5. The van der Waals surface area contributed by atoms with Crippen LogP contribution in [-0.4, -0.2) is 61.0 Å². The number of rotatable bonds is 6. The van der Waals surface area contributed by atoms with E-state index in [0.29, 0.717) is 48.3 Å². The van der Waals surface area contributed by atoms with Crippen molar-refractivity contribution in [3.05, 3.63) is 69.4 Å². The van der Waals surface area contributed by atoms with E-state index < -0.39 is 0 Å². The van der Waals surface area contributed by atoms with Gasteiger partial charge in [-0.3, -0.25) is 19.4 Å². The van der Waals surface area contributed by atoms with Crippen molar-refractivity contribution in [1.29, 1.82) is 0 Å². The smallest absolute Gasteiger partial charge is 0.278 e. The van der Waals surface area contributed by atoms with Crippen LogP contribution in [0.5, 0.6) is 0 Å². The average molecular weight is 454 g/mol. The number of nitrogens with zero attached hydrogens (tertiary/aromatic N) is 2. The fraction of sp³-hybridized carbons (Fsp3) is 0.360. The normalized spacial score (nSPS) is 17.4. The highest BCUT2D eigenvalue weighted by molar-refractivity contribution is 6.37. The maximum Gasteiger partial charge on any atom is 0.278 e. The summed E-state index contributed by atoms with van der Waals surface area (Å²) in [4.78, 5) is 30.5. The molecule has 0 bridgehead atoms. The molecule has 168 valence electrons. The molecule has 7 heteroatoms. The van der Waals surface area contributed by atoms with E-state index in [-0.39, 0.29) is 11.8 Å². The third kappa shape index (κ3) is 4.44. The molecule has 0 radical (unpaired) electrons. The van der Waals surface area contributed by atoms with Crippen LogP contribution >= 0.6 is 11.6 Å². The Hall–Kier alpha value is -2.67. The summed E-state index contributed by atoms with van der Waals surface area (Å²) in [5, 5.41) is 3.84. The molecular formula is C25H28ClN3O3. The van der Waals surface area contributed by atoms with Crippen molar-refractivity contribution in [2.75, 3.05) is 44.7 Å². The van der Waals surface area contributed by atoms with Crippen LogP contribution in [0.3, 0.4) is 0 Å². The number of halogens is 1. The minimum atomic E-state index is -0.308. The first-order valence-corrected chi connectivity index (χ1v) is 11.2. The molecule has 0 aromatic heterocycles. The Labute approximate surface area is 193 Å². The van der Waals surface area contributed by atoms with Crippen molar-refractivity contribution < 1.29 is 14.3 Å². The lowest BCUT2D eigenvalue weighted by atomic mass is 9.97. The van der Waals surface area contributed by atoms with E-state index in [4.69, 9.17) is 16.3 Å². The zero-order valence-electron chi connectivity index (χ0n) is 18.7. The summed E-state index contributed by atoms with van der Waals surface area (Å²) in [6.07, 6.45) is 0. The Kier molecular flexibility index (Phi) is 6.65. The maximum atomic E-state index is 13.5. The SMILES string of the molecule is Cc1ccc(C2=C(Nc3cccc(Cl)c3C)C(=O)N(CCN3CCOCC3)C2=O)c(C)c1. The lowest BCUT2D eigenvalue weighted by Gasteiger charge is -2.28. The summed E-state index contributed by atoms with van der Waals surface area (Å²) in [5.41, 5.74) is 5.08. The predicted molar refractivity (Wildman–Crippen MR) is 127 cm³/mol. The Balaban J connectivity index is 1.69. The quantitative estimate of drug-likeness (QED) is 0.674. The van der Waals surface area contributed by atoms with Gasteiger partial charge >= 0.3 is 0 Å². The summed E-state index contributed by atoms with van der Waals surface area (Å²) in [6, 6.07) is 11.4. The number of hydrogen-bond donors (Lipinski definition) is 1. The highest BCUT2D eigenvalue weighted by atomic mass is 35.5. The molecule has 1 fully saturated rings. The van der Waals surface area contributed by atoms with Crippen LogP contribution in [-0.2, 0) is 14.3 Å². The molecule has 0 saturated carbocycles. The number of ether oxygens (including phenoxy) is 1. The second-order valence-electron chi connectivity index (χ2n) is 8.32. The third-order valence-corrected chi connectivity index (χ3v) is 6.50. The number of amides is 2. The molecule has 2 aliphatic rings. The number of benzene rings is 2. The molecule has 2 aliphatic heterocycles. The first-order chi connectivity index (χ1) is 15.4. The molecule has 32 heavy (non-hydrogen) atoms. The van der Waals surface area contributed by atoms with Crippen molar-refractivity contribution in [2.24, 2.45) is 0 Å². The molecule has 2 heterocycles. The fourth-order valence-electron chi connectivity index (χ4n) is 4.18. The number of hydrogen-bond acceptors (Lipinski definition) is 5. The van der Waals surface area contributed by atoms with E-state index >= 15 is 0 Å². The highest BCUT2D eigenvalue weighted by Crippen LogP contribution is 2.34. The van der Waals surface area contributed by atoms with E-state index in [0.717, 1.165) is 35.3 Å². The zero-order chi connectivity index (χ0) is 22.8. The van der Waals surface area contributed by atoms with Gasteiger partial charge in [0.15, 0.2) is 0 Å². The molecule has 1 saturated heterocycles. The van der Waals surface area contributed by atoms with Gasteiger partial charge in [0.2, 0.25) is 0 Å². The molecule has 1 N–H and O–H groups in total. The number of aryl methyl sites for hydroxylation is 2. The van der Waals surface area contributed by atoms with Crippen LogP contribution in [0.15, 0.2) is 42.1 Å². The molecule has 2 aromatic carbocycles. The number of morpholine rings is 1. The summed E-state index contributed by atoms with van der Waals surface area (Å²) < 4.78 is 5.40. The van der Waals surface area contributed by atoms with Gasteiger partial charge in [-0.25, -0.2) is 0 Å². The Morgan fingerprint density at radius 2 is 1.75 bits per heavy atom. The highest BCUT2D eigenvalue weighted by Gasteiger charge is 2.39. The van der Waals surface area contributed by atoms with Gasteiger partial charge in [0.25, 0.3) is 11.8 Å².